The molecule has 0 amide bonds. The number of fused-ring (bicyclic) bond motifs is 1. The number of halogens is 2. The Morgan fingerprint density at radius 2 is 1.91 bits per heavy atom. The molecule has 8 nitrogen and oxygen atoms in total. The molecule has 10 heteroatoms. The second kappa shape index (κ2) is 8.92. The molecule has 0 saturated heterocycles. The second-order valence-corrected chi connectivity index (χ2v) is 8.13. The lowest BCUT2D eigenvalue weighted by atomic mass is 9.99. The highest BCUT2D eigenvalue weighted by Gasteiger charge is 2.39. The van der Waals surface area contributed by atoms with Gasteiger partial charge in [-0.25, -0.2) is 14.4 Å². The number of nitrogens with two attached hydrogens (primary N) is 1. The van der Waals surface area contributed by atoms with E-state index in [2.05, 4.69) is 20.3 Å². The van der Waals surface area contributed by atoms with Crippen molar-refractivity contribution in [3.63, 3.8) is 0 Å². The minimum Gasteiger partial charge on any atom is -0.495 e. The third-order valence-electron chi connectivity index (χ3n) is 5.63. The van der Waals surface area contributed by atoms with E-state index < -0.39 is 12.2 Å². The van der Waals surface area contributed by atoms with Crippen LogP contribution in [0.1, 0.15) is 41.5 Å². The molecule has 174 valence electrons. The molecule has 3 N–H and O–H groups in total. The van der Waals surface area contributed by atoms with E-state index in [0.717, 1.165) is 22.4 Å². The van der Waals surface area contributed by atoms with Crippen LogP contribution in [-0.4, -0.2) is 33.2 Å². The van der Waals surface area contributed by atoms with E-state index in [-0.39, 0.29) is 11.8 Å². The van der Waals surface area contributed by atoms with Crippen LogP contribution in [0.25, 0.3) is 5.69 Å². The molecule has 2 atom stereocenters. The van der Waals surface area contributed by atoms with Gasteiger partial charge in [0.25, 0.3) is 0 Å². The molecule has 0 bridgehead atoms. The Bertz CT molecular complexity index is 1340. The summed E-state index contributed by atoms with van der Waals surface area (Å²) in [7, 11) is 1.60. The van der Waals surface area contributed by atoms with Crippen molar-refractivity contribution in [3.8, 4) is 11.4 Å². The number of nitrogens with one attached hydrogen (secondary N) is 1. The van der Waals surface area contributed by atoms with Crippen LogP contribution in [0.4, 0.5) is 16.2 Å². The smallest absolute Gasteiger partial charge is 0.222 e. The van der Waals surface area contributed by atoms with Gasteiger partial charge in [-0.15, -0.1) is 0 Å². The number of nitrogens with zero attached hydrogens (tertiary/aromatic N) is 4. The maximum atomic E-state index is 13.6. The van der Waals surface area contributed by atoms with Crippen LogP contribution in [0.15, 0.2) is 55.0 Å². The molecule has 4 aromatic rings. The molecular weight excluding hydrogens is 459 g/mol. The first kappa shape index (κ1) is 22.1. The SMILES string of the molecule is CCNc1nc(N)nc2c1C(c1ccc(-n3cnc(Cl)c3)c(OC)c1)OC2c1ccc(F)cc1. The predicted octanol–water partition coefficient (Wildman–Crippen LogP) is 4.69. The molecule has 0 aliphatic carbocycles. The summed E-state index contributed by atoms with van der Waals surface area (Å²) in [6.45, 7) is 2.61. The van der Waals surface area contributed by atoms with E-state index in [0.29, 0.717) is 29.0 Å². The fraction of sp³-hybridized carbons (Fsp3) is 0.208. The first-order valence-corrected chi connectivity index (χ1v) is 11.1. The van der Waals surface area contributed by atoms with Crippen LogP contribution in [-0.2, 0) is 4.74 Å². The van der Waals surface area contributed by atoms with Crippen molar-refractivity contribution in [2.24, 2.45) is 0 Å². The Morgan fingerprint density at radius 1 is 1.15 bits per heavy atom. The third-order valence-corrected chi connectivity index (χ3v) is 5.82. The van der Waals surface area contributed by atoms with Gasteiger partial charge in [0.2, 0.25) is 5.95 Å². The number of benzene rings is 2. The minimum atomic E-state index is -0.540. The summed E-state index contributed by atoms with van der Waals surface area (Å²) >= 11 is 5.99. The molecule has 34 heavy (non-hydrogen) atoms. The monoisotopic (exact) mass is 480 g/mol. The van der Waals surface area contributed by atoms with Gasteiger partial charge in [-0.05, 0) is 42.3 Å². The van der Waals surface area contributed by atoms with Gasteiger partial charge in [-0.3, -0.25) is 0 Å². The number of aromatic nitrogens is 4. The quantitative estimate of drug-likeness (QED) is 0.413. The Hall–Kier alpha value is -3.69. The molecule has 3 heterocycles. The highest BCUT2D eigenvalue weighted by molar-refractivity contribution is 6.29. The Labute approximate surface area is 200 Å². The van der Waals surface area contributed by atoms with E-state index in [9.17, 15) is 4.39 Å². The van der Waals surface area contributed by atoms with Gasteiger partial charge in [0.05, 0.1) is 24.1 Å². The number of ether oxygens (including phenoxy) is 2. The normalized spacial score (nSPS) is 16.9. The summed E-state index contributed by atoms with van der Waals surface area (Å²) in [6, 6.07) is 11.9. The van der Waals surface area contributed by atoms with Crippen LogP contribution < -0.4 is 15.8 Å². The van der Waals surface area contributed by atoms with Crippen molar-refractivity contribution in [2.45, 2.75) is 19.1 Å². The largest absolute Gasteiger partial charge is 0.495 e. The van der Waals surface area contributed by atoms with Gasteiger partial charge in [0.1, 0.15) is 41.1 Å². The lowest BCUT2D eigenvalue weighted by Crippen LogP contribution is -2.11. The molecule has 1 aliphatic rings. The molecule has 5 rings (SSSR count). The maximum absolute atomic E-state index is 13.6. The van der Waals surface area contributed by atoms with Gasteiger partial charge in [-0.2, -0.15) is 4.98 Å². The minimum absolute atomic E-state index is 0.135. The standard InChI is InChI=1S/C24H22ClFN6O2/c1-3-28-23-19-20(30-24(27)31-23)22(13-4-7-15(26)8-5-13)34-21(19)14-6-9-16(17(10-14)33-2)32-11-18(25)29-12-32/h4-12,21-22H,3H2,1-2H3,(H3,27,28,30,31). The first-order valence-electron chi connectivity index (χ1n) is 10.7. The Kier molecular flexibility index (Phi) is 5.80. The summed E-state index contributed by atoms with van der Waals surface area (Å²) < 4.78 is 27.5. The topological polar surface area (TPSA) is 100 Å². The van der Waals surface area contributed by atoms with Gasteiger partial charge in [0, 0.05) is 12.7 Å². The van der Waals surface area contributed by atoms with Crippen LogP contribution in [0.3, 0.4) is 0 Å². The number of rotatable bonds is 6. The summed E-state index contributed by atoms with van der Waals surface area (Å²) in [4.78, 5) is 13.0. The molecule has 0 fully saturated rings. The van der Waals surface area contributed by atoms with Crippen LogP contribution in [0, 0.1) is 5.82 Å². The highest BCUT2D eigenvalue weighted by Crippen LogP contribution is 2.48. The number of hydrogen-bond acceptors (Lipinski definition) is 7. The van der Waals surface area contributed by atoms with Crippen molar-refractivity contribution < 1.29 is 13.9 Å². The fourth-order valence-electron chi connectivity index (χ4n) is 4.15. The van der Waals surface area contributed by atoms with Crippen molar-refractivity contribution in [2.75, 3.05) is 24.7 Å². The molecule has 0 saturated carbocycles. The van der Waals surface area contributed by atoms with Crippen LogP contribution >= 0.6 is 11.6 Å². The van der Waals surface area contributed by atoms with E-state index in [4.69, 9.17) is 26.8 Å². The lowest BCUT2D eigenvalue weighted by molar-refractivity contribution is 0.0569. The maximum Gasteiger partial charge on any atom is 0.222 e. The van der Waals surface area contributed by atoms with Crippen molar-refractivity contribution in [3.05, 3.63) is 88.3 Å². The fourth-order valence-corrected chi connectivity index (χ4v) is 4.30. The van der Waals surface area contributed by atoms with Gasteiger partial charge in [-0.1, -0.05) is 29.8 Å². The number of nitrogen functional groups attached to an aromatic ring is 1. The molecule has 0 spiro atoms. The van der Waals surface area contributed by atoms with E-state index in [1.165, 1.54) is 12.1 Å². The number of hydrogen-bond donors (Lipinski definition) is 2. The number of anilines is 2. The summed E-state index contributed by atoms with van der Waals surface area (Å²) in [5.74, 6) is 1.03. The van der Waals surface area contributed by atoms with Crippen molar-refractivity contribution in [1.82, 2.24) is 19.5 Å². The number of imidazole rings is 1. The molecule has 1 aliphatic heterocycles. The molecule has 2 unspecified atom stereocenters. The average Bonchev–Trinajstić information content (AvgIpc) is 3.43. The molecule has 0 radical (unpaired) electrons. The van der Waals surface area contributed by atoms with Gasteiger partial charge < -0.3 is 25.1 Å². The summed E-state index contributed by atoms with van der Waals surface area (Å²) in [6.07, 6.45) is 2.27. The molecular formula is C24H22ClFN6O2. The molecule has 2 aromatic carbocycles. The summed E-state index contributed by atoms with van der Waals surface area (Å²) in [5, 5.41) is 3.65. The Balaban J connectivity index is 1.63. The van der Waals surface area contributed by atoms with Crippen molar-refractivity contribution in [1.29, 1.82) is 0 Å². The first-order chi connectivity index (χ1) is 16.5. The zero-order valence-corrected chi connectivity index (χ0v) is 19.3. The van der Waals surface area contributed by atoms with Crippen LogP contribution in [0.5, 0.6) is 5.75 Å². The zero-order valence-electron chi connectivity index (χ0n) is 18.5. The molecule has 2 aromatic heterocycles. The Morgan fingerprint density at radius 3 is 2.59 bits per heavy atom. The zero-order chi connectivity index (χ0) is 23.8. The number of methoxy groups -OCH3 is 1. The third kappa shape index (κ3) is 3.93. The lowest BCUT2D eigenvalue weighted by Gasteiger charge is -2.18. The summed E-state index contributed by atoms with van der Waals surface area (Å²) in [5.41, 5.74) is 9.83. The van der Waals surface area contributed by atoms with Gasteiger partial charge in [0.15, 0.2) is 0 Å². The van der Waals surface area contributed by atoms with E-state index >= 15 is 0 Å². The van der Waals surface area contributed by atoms with E-state index in [1.54, 1.807) is 36.3 Å². The van der Waals surface area contributed by atoms with E-state index in [1.807, 2.05) is 25.1 Å². The van der Waals surface area contributed by atoms with Crippen molar-refractivity contribution >= 4 is 23.4 Å². The van der Waals surface area contributed by atoms with Gasteiger partial charge >= 0.3 is 0 Å². The van der Waals surface area contributed by atoms with Crippen LogP contribution in [0.2, 0.25) is 5.15 Å². The average molecular weight is 481 g/mol. The predicted molar refractivity (Wildman–Crippen MR) is 127 cm³/mol. The second-order valence-electron chi connectivity index (χ2n) is 7.74. The highest BCUT2D eigenvalue weighted by atomic mass is 35.5.